The molecule has 2 aromatic rings. The molecule has 1 fully saturated rings. The number of piperidine rings is 1. The zero-order valence-corrected chi connectivity index (χ0v) is 12.9. The lowest BCUT2D eigenvalue weighted by atomic mass is 10.1. The van der Waals surface area contributed by atoms with Gasteiger partial charge in [-0.3, -0.25) is 4.90 Å². The fourth-order valence-corrected chi connectivity index (χ4v) is 3.37. The molecular formula is C16H21N3OS. The van der Waals surface area contributed by atoms with Crippen molar-refractivity contribution in [2.45, 2.75) is 32.1 Å². The standard InChI is InChI=1S/C16H21N3OS/c17-16-18-10-15(21-16)11-19-8-6-14(7-9-19)20-12-13-4-2-1-3-5-13/h1-5,10,14H,6-9,11-12H2,(H2,17,18). The Bertz CT molecular complexity index is 550. The van der Waals surface area contributed by atoms with Gasteiger partial charge in [0.1, 0.15) is 0 Å². The van der Waals surface area contributed by atoms with Crippen LogP contribution in [0.4, 0.5) is 5.13 Å². The highest BCUT2D eigenvalue weighted by molar-refractivity contribution is 7.15. The van der Waals surface area contributed by atoms with E-state index in [1.807, 2.05) is 12.3 Å². The molecule has 1 aliphatic rings. The first kappa shape index (κ1) is 14.5. The van der Waals surface area contributed by atoms with Gasteiger partial charge in [-0.1, -0.05) is 30.3 Å². The zero-order chi connectivity index (χ0) is 14.5. The topological polar surface area (TPSA) is 51.4 Å². The summed E-state index contributed by atoms with van der Waals surface area (Å²) in [6.07, 6.45) is 4.47. The van der Waals surface area contributed by atoms with Gasteiger partial charge in [0.05, 0.1) is 12.7 Å². The van der Waals surface area contributed by atoms with Crippen molar-refractivity contribution in [3.63, 3.8) is 0 Å². The molecule has 1 aromatic carbocycles. The van der Waals surface area contributed by atoms with Gasteiger partial charge in [-0.15, -0.1) is 11.3 Å². The van der Waals surface area contributed by atoms with Gasteiger partial charge in [-0.2, -0.15) is 0 Å². The first-order valence-electron chi connectivity index (χ1n) is 7.37. The number of ether oxygens (including phenoxy) is 1. The molecule has 3 rings (SSSR count). The van der Waals surface area contributed by atoms with E-state index in [9.17, 15) is 0 Å². The van der Waals surface area contributed by atoms with Crippen molar-refractivity contribution >= 4 is 16.5 Å². The number of hydrogen-bond acceptors (Lipinski definition) is 5. The minimum atomic E-state index is 0.382. The molecule has 0 aliphatic carbocycles. The molecule has 0 amide bonds. The summed E-state index contributed by atoms with van der Waals surface area (Å²) in [7, 11) is 0. The Morgan fingerprint density at radius 2 is 2.00 bits per heavy atom. The smallest absolute Gasteiger partial charge is 0.180 e. The van der Waals surface area contributed by atoms with Gasteiger partial charge in [0.15, 0.2) is 5.13 Å². The summed E-state index contributed by atoms with van der Waals surface area (Å²) >= 11 is 1.58. The fraction of sp³-hybridized carbons (Fsp3) is 0.438. The summed E-state index contributed by atoms with van der Waals surface area (Å²) in [5, 5.41) is 0.658. The van der Waals surface area contributed by atoms with E-state index in [2.05, 4.69) is 34.1 Å². The van der Waals surface area contributed by atoms with Gasteiger partial charge < -0.3 is 10.5 Å². The average molecular weight is 303 g/mol. The van der Waals surface area contributed by atoms with Gasteiger partial charge in [0, 0.05) is 30.7 Å². The first-order chi connectivity index (χ1) is 10.3. The summed E-state index contributed by atoms with van der Waals surface area (Å²) in [6.45, 7) is 3.84. The molecule has 0 saturated carbocycles. The number of thiazole rings is 1. The number of aromatic nitrogens is 1. The van der Waals surface area contributed by atoms with E-state index in [1.54, 1.807) is 11.3 Å². The first-order valence-corrected chi connectivity index (χ1v) is 8.19. The summed E-state index contributed by atoms with van der Waals surface area (Å²) in [6, 6.07) is 10.4. The SMILES string of the molecule is Nc1ncc(CN2CCC(OCc3ccccc3)CC2)s1. The molecule has 0 unspecified atom stereocenters. The number of rotatable bonds is 5. The molecule has 1 saturated heterocycles. The molecule has 4 nitrogen and oxygen atoms in total. The second-order valence-corrected chi connectivity index (χ2v) is 6.58. The molecular weight excluding hydrogens is 282 g/mol. The molecule has 1 aromatic heterocycles. The molecule has 5 heteroatoms. The Hall–Kier alpha value is -1.43. The van der Waals surface area contributed by atoms with Gasteiger partial charge in [0.2, 0.25) is 0 Å². The Morgan fingerprint density at radius 3 is 2.67 bits per heavy atom. The number of nitrogen functional groups attached to an aromatic ring is 1. The van der Waals surface area contributed by atoms with Crippen LogP contribution in [0.15, 0.2) is 36.5 Å². The van der Waals surface area contributed by atoms with Crippen LogP contribution in [-0.2, 0) is 17.9 Å². The molecule has 2 heterocycles. The molecule has 112 valence electrons. The lowest BCUT2D eigenvalue weighted by Gasteiger charge is -2.31. The van der Waals surface area contributed by atoms with Crippen LogP contribution in [0.1, 0.15) is 23.3 Å². The Kier molecular flexibility index (Phi) is 4.85. The van der Waals surface area contributed by atoms with E-state index < -0.39 is 0 Å². The number of nitrogens with two attached hydrogens (primary N) is 1. The minimum absolute atomic E-state index is 0.382. The molecule has 0 radical (unpaired) electrons. The fourth-order valence-electron chi connectivity index (χ4n) is 2.64. The number of hydrogen-bond donors (Lipinski definition) is 1. The van der Waals surface area contributed by atoms with Crippen molar-refractivity contribution in [3.05, 3.63) is 47.0 Å². The van der Waals surface area contributed by atoms with Crippen molar-refractivity contribution in [2.24, 2.45) is 0 Å². The van der Waals surface area contributed by atoms with Crippen molar-refractivity contribution in [1.82, 2.24) is 9.88 Å². The Morgan fingerprint density at radius 1 is 1.24 bits per heavy atom. The molecule has 1 aliphatic heterocycles. The lowest BCUT2D eigenvalue weighted by Crippen LogP contribution is -2.36. The van der Waals surface area contributed by atoms with Crippen molar-refractivity contribution in [3.8, 4) is 0 Å². The molecule has 0 bridgehead atoms. The minimum Gasteiger partial charge on any atom is -0.375 e. The van der Waals surface area contributed by atoms with Gasteiger partial charge >= 0.3 is 0 Å². The summed E-state index contributed by atoms with van der Waals surface area (Å²) in [5.41, 5.74) is 6.92. The summed E-state index contributed by atoms with van der Waals surface area (Å²) in [5.74, 6) is 0. The summed E-state index contributed by atoms with van der Waals surface area (Å²) < 4.78 is 6.02. The summed E-state index contributed by atoms with van der Waals surface area (Å²) in [4.78, 5) is 7.81. The zero-order valence-electron chi connectivity index (χ0n) is 12.1. The van der Waals surface area contributed by atoms with E-state index in [0.717, 1.165) is 39.1 Å². The third-order valence-electron chi connectivity index (χ3n) is 3.81. The van der Waals surface area contributed by atoms with E-state index in [0.29, 0.717) is 11.2 Å². The maximum atomic E-state index is 6.02. The predicted octanol–water partition coefficient (Wildman–Crippen LogP) is 2.91. The highest BCUT2D eigenvalue weighted by Gasteiger charge is 2.20. The number of likely N-dealkylation sites (tertiary alicyclic amines) is 1. The highest BCUT2D eigenvalue weighted by atomic mass is 32.1. The van der Waals surface area contributed by atoms with E-state index in [-0.39, 0.29) is 0 Å². The lowest BCUT2D eigenvalue weighted by molar-refractivity contribution is -0.00377. The molecule has 2 N–H and O–H groups in total. The predicted molar refractivity (Wildman–Crippen MR) is 86.1 cm³/mol. The Balaban J connectivity index is 1.40. The van der Waals surface area contributed by atoms with E-state index >= 15 is 0 Å². The van der Waals surface area contributed by atoms with E-state index in [4.69, 9.17) is 10.5 Å². The number of anilines is 1. The van der Waals surface area contributed by atoms with Crippen LogP contribution in [0.5, 0.6) is 0 Å². The quantitative estimate of drug-likeness (QED) is 0.923. The second-order valence-electron chi connectivity index (χ2n) is 5.44. The van der Waals surface area contributed by atoms with Crippen molar-refractivity contribution < 1.29 is 4.74 Å². The average Bonchev–Trinajstić information content (AvgIpc) is 2.93. The van der Waals surface area contributed by atoms with Crippen LogP contribution >= 0.6 is 11.3 Å². The third kappa shape index (κ3) is 4.27. The second kappa shape index (κ2) is 7.02. The van der Waals surface area contributed by atoms with Crippen molar-refractivity contribution in [2.75, 3.05) is 18.8 Å². The van der Waals surface area contributed by atoms with Crippen molar-refractivity contribution in [1.29, 1.82) is 0 Å². The van der Waals surface area contributed by atoms with Crippen LogP contribution in [0.3, 0.4) is 0 Å². The maximum Gasteiger partial charge on any atom is 0.180 e. The molecule has 0 spiro atoms. The Labute approximate surface area is 129 Å². The van der Waals surface area contributed by atoms with Crippen LogP contribution in [0.25, 0.3) is 0 Å². The molecule has 21 heavy (non-hydrogen) atoms. The number of nitrogens with zero attached hydrogens (tertiary/aromatic N) is 2. The maximum absolute atomic E-state index is 6.02. The van der Waals surface area contributed by atoms with Crippen LogP contribution in [0.2, 0.25) is 0 Å². The number of benzene rings is 1. The van der Waals surface area contributed by atoms with Crippen LogP contribution < -0.4 is 5.73 Å². The van der Waals surface area contributed by atoms with Crippen LogP contribution in [0, 0.1) is 0 Å². The van der Waals surface area contributed by atoms with Gasteiger partial charge in [-0.25, -0.2) is 4.98 Å². The van der Waals surface area contributed by atoms with E-state index in [1.165, 1.54) is 10.4 Å². The third-order valence-corrected chi connectivity index (χ3v) is 4.63. The van der Waals surface area contributed by atoms with Gasteiger partial charge in [0.25, 0.3) is 0 Å². The normalized spacial score (nSPS) is 17.1. The monoisotopic (exact) mass is 303 g/mol. The van der Waals surface area contributed by atoms with Gasteiger partial charge in [-0.05, 0) is 18.4 Å². The molecule has 0 atom stereocenters. The largest absolute Gasteiger partial charge is 0.375 e. The highest BCUT2D eigenvalue weighted by Crippen LogP contribution is 2.21. The van der Waals surface area contributed by atoms with Crippen LogP contribution in [-0.4, -0.2) is 29.1 Å².